The van der Waals surface area contributed by atoms with Crippen LogP contribution in [-0.4, -0.2) is 33.5 Å². The Morgan fingerprint density at radius 1 is 1.11 bits per heavy atom. The van der Waals surface area contributed by atoms with Crippen LogP contribution in [0, 0.1) is 6.54 Å². The maximum atomic E-state index is 5.09. The first kappa shape index (κ1) is 18.4. The largest absolute Gasteiger partial charge is 0.481 e. The molecule has 0 aliphatic carbocycles. The summed E-state index contributed by atoms with van der Waals surface area (Å²) in [7, 11) is 1.60. The Bertz CT molecular complexity index is 907. The van der Waals surface area contributed by atoms with Gasteiger partial charge < -0.3 is 10.1 Å². The SMILES string of the molecule is COc1ccc(Nc2nccc(-c3cccc(CN4[CH]CCCC4)c3)n2)cn1. The number of rotatable bonds is 6. The lowest BCUT2D eigenvalue weighted by atomic mass is 10.1. The fourth-order valence-electron chi connectivity index (χ4n) is 3.32. The third-order valence-electron chi connectivity index (χ3n) is 4.75. The number of hydrogen-bond acceptors (Lipinski definition) is 6. The average Bonchev–Trinajstić information content (AvgIpc) is 2.75. The minimum absolute atomic E-state index is 0.541. The van der Waals surface area contributed by atoms with Crippen molar-refractivity contribution >= 4 is 11.6 Å². The van der Waals surface area contributed by atoms with Gasteiger partial charge in [0.25, 0.3) is 0 Å². The first-order valence-electron chi connectivity index (χ1n) is 9.57. The topological polar surface area (TPSA) is 63.2 Å². The summed E-state index contributed by atoms with van der Waals surface area (Å²) in [5.74, 6) is 1.11. The second kappa shape index (κ2) is 8.80. The number of nitrogens with zero attached hydrogens (tertiary/aromatic N) is 4. The number of likely N-dealkylation sites (tertiary alicyclic amines) is 1. The molecule has 0 spiro atoms. The summed E-state index contributed by atoms with van der Waals surface area (Å²) >= 11 is 0. The molecule has 0 unspecified atom stereocenters. The van der Waals surface area contributed by atoms with Gasteiger partial charge >= 0.3 is 0 Å². The molecule has 2 aromatic heterocycles. The Balaban J connectivity index is 1.49. The van der Waals surface area contributed by atoms with E-state index >= 15 is 0 Å². The van der Waals surface area contributed by atoms with Crippen LogP contribution in [-0.2, 0) is 6.54 Å². The highest BCUT2D eigenvalue weighted by Crippen LogP contribution is 2.23. The van der Waals surface area contributed by atoms with E-state index in [0.29, 0.717) is 11.8 Å². The molecule has 28 heavy (non-hydrogen) atoms. The summed E-state index contributed by atoms with van der Waals surface area (Å²) in [6.45, 7) is 4.41. The van der Waals surface area contributed by atoms with Crippen molar-refractivity contribution in [3.63, 3.8) is 0 Å². The van der Waals surface area contributed by atoms with Crippen molar-refractivity contribution in [1.29, 1.82) is 0 Å². The zero-order valence-corrected chi connectivity index (χ0v) is 16.0. The number of anilines is 2. The van der Waals surface area contributed by atoms with Gasteiger partial charge in [0.15, 0.2) is 0 Å². The van der Waals surface area contributed by atoms with E-state index in [-0.39, 0.29) is 0 Å². The molecular formula is C22H24N5O. The van der Waals surface area contributed by atoms with Crippen LogP contribution in [0.1, 0.15) is 24.8 Å². The molecule has 0 bridgehead atoms. The molecule has 1 radical (unpaired) electrons. The van der Waals surface area contributed by atoms with Crippen molar-refractivity contribution in [2.75, 3.05) is 19.0 Å². The molecule has 1 aliphatic heterocycles. The monoisotopic (exact) mass is 374 g/mol. The molecule has 1 saturated heterocycles. The third-order valence-corrected chi connectivity index (χ3v) is 4.75. The van der Waals surface area contributed by atoms with Crippen LogP contribution >= 0.6 is 0 Å². The minimum Gasteiger partial charge on any atom is -0.481 e. The fourth-order valence-corrected chi connectivity index (χ4v) is 3.32. The quantitative estimate of drug-likeness (QED) is 0.688. The first-order chi connectivity index (χ1) is 13.8. The van der Waals surface area contributed by atoms with Crippen molar-refractivity contribution in [1.82, 2.24) is 19.9 Å². The Kier molecular flexibility index (Phi) is 5.77. The molecule has 1 aromatic carbocycles. The standard InChI is InChI=1S/C22H24N5O/c1-28-21-9-8-19(15-24-21)25-22-23-11-10-20(26-22)18-7-5-6-17(14-18)16-27-12-3-2-4-13-27/h5-12,14-15H,2-4,13,16H2,1H3,(H,23,25,26). The number of hydrogen-bond donors (Lipinski definition) is 1. The van der Waals surface area contributed by atoms with Crippen molar-refractivity contribution < 1.29 is 4.74 Å². The molecule has 0 saturated carbocycles. The lowest BCUT2D eigenvalue weighted by Gasteiger charge is -2.26. The zero-order valence-electron chi connectivity index (χ0n) is 16.0. The van der Waals surface area contributed by atoms with Gasteiger partial charge in [-0.1, -0.05) is 24.6 Å². The molecule has 0 amide bonds. The number of aromatic nitrogens is 3. The van der Waals surface area contributed by atoms with Gasteiger partial charge in [0.05, 0.1) is 24.7 Å². The highest BCUT2D eigenvalue weighted by molar-refractivity contribution is 5.62. The molecule has 4 rings (SSSR count). The van der Waals surface area contributed by atoms with Crippen molar-refractivity contribution in [2.45, 2.75) is 25.8 Å². The average molecular weight is 374 g/mol. The molecular weight excluding hydrogens is 350 g/mol. The van der Waals surface area contributed by atoms with Crippen LogP contribution in [0.5, 0.6) is 5.88 Å². The van der Waals surface area contributed by atoms with E-state index in [4.69, 9.17) is 4.74 Å². The number of methoxy groups -OCH3 is 1. The molecule has 1 fully saturated rings. The molecule has 143 valence electrons. The van der Waals surface area contributed by atoms with E-state index in [9.17, 15) is 0 Å². The minimum atomic E-state index is 0.541. The van der Waals surface area contributed by atoms with Gasteiger partial charge in [-0.05, 0) is 43.1 Å². The number of pyridine rings is 1. The van der Waals surface area contributed by atoms with Crippen molar-refractivity contribution in [3.05, 3.63) is 67.0 Å². The number of nitrogens with one attached hydrogen (secondary N) is 1. The summed E-state index contributed by atoms with van der Waals surface area (Å²) in [4.78, 5) is 15.6. The van der Waals surface area contributed by atoms with Crippen LogP contribution in [0.2, 0.25) is 0 Å². The van der Waals surface area contributed by atoms with E-state index in [2.05, 4.69) is 56.0 Å². The zero-order chi connectivity index (χ0) is 19.2. The lowest BCUT2D eigenvalue weighted by molar-refractivity contribution is 0.274. The van der Waals surface area contributed by atoms with Gasteiger partial charge in [-0.2, -0.15) is 0 Å². The molecule has 3 aromatic rings. The van der Waals surface area contributed by atoms with E-state index in [1.165, 1.54) is 24.8 Å². The number of ether oxygens (including phenoxy) is 1. The highest BCUT2D eigenvalue weighted by atomic mass is 16.5. The Labute approximate surface area is 165 Å². The summed E-state index contributed by atoms with van der Waals surface area (Å²) in [5.41, 5.74) is 4.09. The molecule has 1 aliphatic rings. The normalized spacial score (nSPS) is 14.6. The Hall–Kier alpha value is -2.99. The second-order valence-corrected chi connectivity index (χ2v) is 6.83. The summed E-state index contributed by atoms with van der Waals surface area (Å²) in [6.07, 6.45) is 7.23. The maximum absolute atomic E-state index is 5.09. The van der Waals surface area contributed by atoms with Gasteiger partial charge in [0.2, 0.25) is 11.8 Å². The van der Waals surface area contributed by atoms with E-state index < -0.39 is 0 Å². The predicted octanol–water partition coefficient (Wildman–Crippen LogP) is 4.44. The van der Waals surface area contributed by atoms with E-state index in [1.807, 2.05) is 12.1 Å². The van der Waals surface area contributed by atoms with Crippen molar-refractivity contribution in [3.8, 4) is 17.1 Å². The Morgan fingerprint density at radius 3 is 2.86 bits per heavy atom. The lowest BCUT2D eigenvalue weighted by Crippen LogP contribution is -2.25. The summed E-state index contributed by atoms with van der Waals surface area (Å²) in [6, 6.07) is 14.2. The van der Waals surface area contributed by atoms with Crippen LogP contribution in [0.4, 0.5) is 11.6 Å². The third kappa shape index (κ3) is 4.64. The predicted molar refractivity (Wildman–Crippen MR) is 110 cm³/mol. The highest BCUT2D eigenvalue weighted by Gasteiger charge is 2.11. The molecule has 0 atom stereocenters. The number of benzene rings is 1. The van der Waals surface area contributed by atoms with Crippen LogP contribution in [0.15, 0.2) is 54.9 Å². The first-order valence-corrected chi connectivity index (χ1v) is 9.57. The van der Waals surface area contributed by atoms with Crippen LogP contribution in [0.3, 0.4) is 0 Å². The molecule has 6 heteroatoms. The van der Waals surface area contributed by atoms with Crippen LogP contribution in [0.25, 0.3) is 11.3 Å². The summed E-state index contributed by atoms with van der Waals surface area (Å²) < 4.78 is 5.09. The Morgan fingerprint density at radius 2 is 2.07 bits per heavy atom. The van der Waals surface area contributed by atoms with Gasteiger partial charge in [0, 0.05) is 30.9 Å². The second-order valence-electron chi connectivity index (χ2n) is 6.83. The maximum Gasteiger partial charge on any atom is 0.227 e. The van der Waals surface area contributed by atoms with Gasteiger partial charge in [-0.15, -0.1) is 0 Å². The number of piperidine rings is 1. The van der Waals surface area contributed by atoms with Gasteiger partial charge in [-0.3, -0.25) is 4.90 Å². The smallest absolute Gasteiger partial charge is 0.227 e. The van der Waals surface area contributed by atoms with E-state index in [1.54, 1.807) is 25.6 Å². The molecule has 3 heterocycles. The molecule has 1 N–H and O–H groups in total. The van der Waals surface area contributed by atoms with Crippen LogP contribution < -0.4 is 10.1 Å². The van der Waals surface area contributed by atoms with Crippen molar-refractivity contribution in [2.24, 2.45) is 0 Å². The fraction of sp³-hybridized carbons (Fsp3) is 0.273. The van der Waals surface area contributed by atoms with Gasteiger partial charge in [0.1, 0.15) is 0 Å². The summed E-state index contributed by atoms with van der Waals surface area (Å²) in [5, 5.41) is 3.19. The molecule has 6 nitrogen and oxygen atoms in total. The van der Waals surface area contributed by atoms with E-state index in [0.717, 1.165) is 30.0 Å². The van der Waals surface area contributed by atoms with Gasteiger partial charge in [-0.25, -0.2) is 15.0 Å².